The van der Waals surface area contributed by atoms with Crippen molar-refractivity contribution in [3.63, 3.8) is 0 Å². The van der Waals surface area contributed by atoms with Gasteiger partial charge in [-0.05, 0) is 41.1 Å². The van der Waals surface area contributed by atoms with E-state index in [1.54, 1.807) is 0 Å². The number of para-hydroxylation sites is 2. The van der Waals surface area contributed by atoms with Gasteiger partial charge in [0, 0.05) is 16.2 Å². The van der Waals surface area contributed by atoms with Gasteiger partial charge < -0.3 is 4.42 Å². The van der Waals surface area contributed by atoms with E-state index in [0.29, 0.717) is 0 Å². The van der Waals surface area contributed by atoms with Gasteiger partial charge in [0.05, 0.1) is 33.0 Å². The minimum absolute atomic E-state index is 0.853. The Morgan fingerprint density at radius 2 is 1.07 bits per heavy atom. The first-order valence-corrected chi connectivity index (χ1v) is 13.5. The summed E-state index contributed by atoms with van der Waals surface area (Å²) in [7, 11) is 0. The second-order valence-corrected chi connectivity index (χ2v) is 10.7. The summed E-state index contributed by atoms with van der Waals surface area (Å²) in [5, 5.41) is 6.96. The summed E-state index contributed by atoms with van der Waals surface area (Å²) in [6.07, 6.45) is 0. The molecule has 184 valence electrons. The molecular weight excluding hydrogens is 494 g/mol. The molecule has 0 amide bonds. The maximum atomic E-state index is 6.19. The Hall–Kier alpha value is -5.62. The molecule has 0 N–H and O–H groups in total. The Morgan fingerprint density at radius 1 is 0.425 bits per heavy atom. The number of benzene rings is 6. The molecule has 0 saturated heterocycles. The lowest BCUT2D eigenvalue weighted by atomic mass is 10.00. The van der Waals surface area contributed by atoms with Gasteiger partial charge in [0.2, 0.25) is 11.6 Å². The molecule has 0 radical (unpaired) electrons. The Labute approximate surface area is 224 Å². The molecule has 11 rings (SSSR count). The highest BCUT2D eigenvalue weighted by atomic mass is 16.3. The van der Waals surface area contributed by atoms with Gasteiger partial charge in [-0.2, -0.15) is 0 Å². The van der Waals surface area contributed by atoms with Crippen molar-refractivity contribution < 1.29 is 4.42 Å². The van der Waals surface area contributed by atoms with Crippen LogP contribution in [0.15, 0.2) is 108 Å². The number of furan rings is 1. The third-order valence-electron chi connectivity index (χ3n) is 8.76. The highest BCUT2D eigenvalue weighted by Gasteiger charge is 2.26. The van der Waals surface area contributed by atoms with Crippen LogP contribution in [-0.4, -0.2) is 23.2 Å². The van der Waals surface area contributed by atoms with Crippen molar-refractivity contribution in [2.24, 2.45) is 0 Å². The van der Waals surface area contributed by atoms with Gasteiger partial charge >= 0.3 is 0 Å². The van der Waals surface area contributed by atoms with Crippen LogP contribution in [0.2, 0.25) is 0 Å². The lowest BCUT2D eigenvalue weighted by Crippen LogP contribution is -1.88. The molecule has 0 spiro atoms. The van der Waals surface area contributed by atoms with Crippen LogP contribution in [0.25, 0.3) is 93.7 Å². The topological polar surface area (TPSA) is 52.2 Å². The van der Waals surface area contributed by atoms with E-state index in [1.807, 2.05) is 12.1 Å². The number of nitrogens with zero attached hydrogens (tertiary/aromatic N) is 5. The van der Waals surface area contributed by atoms with E-state index in [0.717, 1.165) is 77.5 Å². The van der Waals surface area contributed by atoms with Crippen molar-refractivity contribution in [1.82, 2.24) is 23.2 Å². The predicted octanol–water partition coefficient (Wildman–Crippen LogP) is 8.34. The molecule has 6 aromatic carbocycles. The first kappa shape index (κ1) is 19.4. The van der Waals surface area contributed by atoms with Gasteiger partial charge in [0.25, 0.3) is 0 Å². The average Bonchev–Trinajstić information content (AvgIpc) is 3.78. The van der Waals surface area contributed by atoms with E-state index in [1.165, 1.54) is 16.2 Å². The summed E-state index contributed by atoms with van der Waals surface area (Å²) in [5.41, 5.74) is 9.26. The van der Waals surface area contributed by atoms with Crippen LogP contribution in [0, 0.1) is 0 Å². The molecule has 0 aliphatic heterocycles. The standard InChI is InChI=1S/C34H17N5O/c1-3-10-20-18(8-1)19-9-2-4-11-21(19)31-29(20)35-34-38(31)25-14-7-13-24-32(25)39(34)33-36-30-23(37(24)33)16-17-27-28(30)22-12-5-6-15-26(22)40-27/h1-17H. The third-order valence-corrected chi connectivity index (χ3v) is 8.76. The molecule has 0 fully saturated rings. The first-order chi connectivity index (χ1) is 19.9. The SMILES string of the molecule is c1ccc2c(c1)oc1ccc3c(nc4n3c3cccc5c3n4c3nc4c6ccccc6c6ccccc6c4n53)c12. The van der Waals surface area contributed by atoms with Crippen molar-refractivity contribution in [2.75, 3.05) is 0 Å². The van der Waals surface area contributed by atoms with Gasteiger partial charge in [-0.1, -0.05) is 72.8 Å². The highest BCUT2D eigenvalue weighted by Crippen LogP contribution is 2.41. The maximum Gasteiger partial charge on any atom is 0.223 e. The Balaban J connectivity index is 1.43. The van der Waals surface area contributed by atoms with E-state index in [9.17, 15) is 0 Å². The molecular formula is C34H17N5O. The monoisotopic (exact) mass is 511 g/mol. The van der Waals surface area contributed by atoms with Gasteiger partial charge in [-0.15, -0.1) is 0 Å². The fraction of sp³-hybridized carbons (Fsp3) is 0. The molecule has 0 unspecified atom stereocenters. The van der Waals surface area contributed by atoms with Crippen LogP contribution in [0.5, 0.6) is 0 Å². The molecule has 6 nitrogen and oxygen atoms in total. The lowest BCUT2D eigenvalue weighted by Gasteiger charge is -2.07. The fourth-order valence-electron chi connectivity index (χ4n) is 7.20. The van der Waals surface area contributed by atoms with Crippen LogP contribution < -0.4 is 0 Å². The van der Waals surface area contributed by atoms with Crippen LogP contribution in [0.1, 0.15) is 0 Å². The number of aromatic nitrogens is 5. The van der Waals surface area contributed by atoms with Gasteiger partial charge in [-0.25, -0.2) is 14.4 Å². The molecule has 5 heterocycles. The molecule has 0 aliphatic carbocycles. The molecule has 0 atom stereocenters. The number of imidazole rings is 4. The zero-order valence-corrected chi connectivity index (χ0v) is 21.0. The first-order valence-electron chi connectivity index (χ1n) is 13.5. The quantitative estimate of drug-likeness (QED) is 0.192. The summed E-state index contributed by atoms with van der Waals surface area (Å²) in [4.78, 5) is 10.7. The van der Waals surface area contributed by atoms with Crippen LogP contribution in [0.3, 0.4) is 0 Å². The van der Waals surface area contributed by atoms with Crippen molar-refractivity contribution in [1.29, 1.82) is 0 Å². The summed E-state index contributed by atoms with van der Waals surface area (Å²) in [6, 6.07) is 36.2. The second kappa shape index (κ2) is 6.33. The zero-order chi connectivity index (χ0) is 25.7. The number of hydrogen-bond donors (Lipinski definition) is 0. The summed E-state index contributed by atoms with van der Waals surface area (Å²) in [5.74, 6) is 1.74. The molecule has 6 heteroatoms. The Kier molecular flexibility index (Phi) is 3.08. The highest BCUT2D eigenvalue weighted by molar-refractivity contribution is 6.25. The summed E-state index contributed by atoms with van der Waals surface area (Å²) in [6.45, 7) is 0. The van der Waals surface area contributed by atoms with E-state index in [-0.39, 0.29) is 0 Å². The minimum Gasteiger partial charge on any atom is -0.456 e. The second-order valence-electron chi connectivity index (χ2n) is 10.7. The van der Waals surface area contributed by atoms with Crippen molar-refractivity contribution in [3.05, 3.63) is 103 Å². The van der Waals surface area contributed by atoms with Gasteiger partial charge in [0.1, 0.15) is 22.2 Å². The van der Waals surface area contributed by atoms with Crippen LogP contribution >= 0.6 is 0 Å². The van der Waals surface area contributed by atoms with Crippen molar-refractivity contribution >= 4 is 93.7 Å². The summed E-state index contributed by atoms with van der Waals surface area (Å²) < 4.78 is 13.0. The lowest BCUT2D eigenvalue weighted by molar-refractivity contribution is 0.669. The fourth-order valence-corrected chi connectivity index (χ4v) is 7.20. The molecule has 11 aromatic rings. The van der Waals surface area contributed by atoms with E-state index >= 15 is 0 Å². The molecule has 0 bridgehead atoms. The third kappa shape index (κ3) is 2.00. The smallest absolute Gasteiger partial charge is 0.223 e. The molecule has 5 aromatic heterocycles. The van der Waals surface area contributed by atoms with Crippen molar-refractivity contribution in [3.8, 4) is 0 Å². The largest absolute Gasteiger partial charge is 0.456 e. The average molecular weight is 512 g/mol. The minimum atomic E-state index is 0.853. The molecule has 40 heavy (non-hydrogen) atoms. The van der Waals surface area contributed by atoms with Crippen LogP contribution in [-0.2, 0) is 0 Å². The predicted molar refractivity (Wildman–Crippen MR) is 161 cm³/mol. The zero-order valence-electron chi connectivity index (χ0n) is 21.0. The number of hydrogen-bond acceptors (Lipinski definition) is 3. The van der Waals surface area contributed by atoms with Crippen LogP contribution in [0.4, 0.5) is 0 Å². The summed E-state index contributed by atoms with van der Waals surface area (Å²) >= 11 is 0. The maximum absolute atomic E-state index is 6.19. The molecule has 0 aliphatic rings. The Morgan fingerprint density at radius 3 is 1.93 bits per heavy atom. The molecule has 0 saturated carbocycles. The van der Waals surface area contributed by atoms with Crippen molar-refractivity contribution in [2.45, 2.75) is 0 Å². The number of fused-ring (bicyclic) bond motifs is 19. The normalized spacial score (nSPS) is 13.0. The van der Waals surface area contributed by atoms with E-state index in [4.69, 9.17) is 14.4 Å². The van der Waals surface area contributed by atoms with Gasteiger partial charge in [0.15, 0.2) is 0 Å². The van der Waals surface area contributed by atoms with E-state index in [2.05, 4.69) is 104 Å². The number of rotatable bonds is 0. The Bertz CT molecular complexity index is 2880. The van der Waals surface area contributed by atoms with E-state index < -0.39 is 0 Å². The van der Waals surface area contributed by atoms with Gasteiger partial charge in [-0.3, -0.25) is 8.80 Å².